The number of Topliss-reactive ketones (excluding diaryl/α,β-unsaturated/α-hetero) is 1. The van der Waals surface area contributed by atoms with Crippen LogP contribution in [0.4, 0.5) is 0 Å². The van der Waals surface area contributed by atoms with Crippen molar-refractivity contribution in [1.82, 2.24) is 4.90 Å². The monoisotopic (exact) mass is 203 g/mol. The summed E-state index contributed by atoms with van der Waals surface area (Å²) >= 11 is 0. The second-order valence-corrected chi connectivity index (χ2v) is 4.44. The topological polar surface area (TPSA) is 20.3 Å². The highest BCUT2D eigenvalue weighted by Crippen LogP contribution is 2.25. The summed E-state index contributed by atoms with van der Waals surface area (Å²) in [6.07, 6.45) is 2.50. The molecule has 0 heterocycles. The molecule has 0 N–H and O–H groups in total. The van der Waals surface area contributed by atoms with Crippen LogP contribution in [0.15, 0.2) is 24.3 Å². The molecule has 0 atom stereocenters. The molecule has 0 saturated heterocycles. The zero-order valence-corrected chi connectivity index (χ0v) is 9.36. The lowest BCUT2D eigenvalue weighted by Crippen LogP contribution is -2.27. The Morgan fingerprint density at radius 3 is 2.47 bits per heavy atom. The van der Waals surface area contributed by atoms with E-state index in [1.165, 1.54) is 18.4 Å². The smallest absolute Gasteiger partial charge is 0.176 e. The van der Waals surface area contributed by atoms with Crippen molar-refractivity contribution in [3.8, 4) is 0 Å². The predicted octanol–water partition coefficient (Wildman–Crippen LogP) is 2.27. The van der Waals surface area contributed by atoms with Crippen molar-refractivity contribution in [1.29, 1.82) is 0 Å². The highest BCUT2D eigenvalue weighted by atomic mass is 16.1. The summed E-state index contributed by atoms with van der Waals surface area (Å²) in [5.74, 6) is 0.226. The van der Waals surface area contributed by atoms with Gasteiger partial charge in [-0.3, -0.25) is 9.69 Å². The van der Waals surface area contributed by atoms with Crippen molar-refractivity contribution in [2.45, 2.75) is 25.8 Å². The molecule has 1 aliphatic carbocycles. The first-order valence-electron chi connectivity index (χ1n) is 5.47. The molecule has 1 fully saturated rings. The van der Waals surface area contributed by atoms with Gasteiger partial charge in [-0.05, 0) is 26.8 Å². The number of rotatable bonds is 4. The van der Waals surface area contributed by atoms with Crippen LogP contribution in [0.1, 0.15) is 28.8 Å². The van der Waals surface area contributed by atoms with Crippen molar-refractivity contribution < 1.29 is 4.79 Å². The van der Waals surface area contributed by atoms with Gasteiger partial charge in [0, 0.05) is 11.6 Å². The summed E-state index contributed by atoms with van der Waals surface area (Å²) in [6, 6.07) is 8.46. The van der Waals surface area contributed by atoms with Gasteiger partial charge in [0.15, 0.2) is 5.78 Å². The molecule has 1 aromatic rings. The maximum atomic E-state index is 11.9. The Bertz CT molecular complexity index is 351. The maximum absolute atomic E-state index is 11.9. The van der Waals surface area contributed by atoms with Gasteiger partial charge < -0.3 is 0 Å². The molecule has 80 valence electrons. The summed E-state index contributed by atoms with van der Waals surface area (Å²) in [7, 11) is 2.03. The highest BCUT2D eigenvalue weighted by molar-refractivity contribution is 5.97. The lowest BCUT2D eigenvalue weighted by Gasteiger charge is -2.14. The molecule has 2 nitrogen and oxygen atoms in total. The molecule has 0 spiro atoms. The zero-order chi connectivity index (χ0) is 10.8. The normalized spacial score (nSPS) is 15.7. The lowest BCUT2D eigenvalue weighted by molar-refractivity contribution is 0.0942. The number of hydrogen-bond acceptors (Lipinski definition) is 2. The summed E-state index contributed by atoms with van der Waals surface area (Å²) in [5, 5.41) is 0. The zero-order valence-electron chi connectivity index (χ0n) is 9.36. The first-order valence-corrected chi connectivity index (χ1v) is 5.47. The minimum atomic E-state index is 0.226. The van der Waals surface area contributed by atoms with Crippen molar-refractivity contribution in [2.75, 3.05) is 13.6 Å². The van der Waals surface area contributed by atoms with Crippen LogP contribution in [0.25, 0.3) is 0 Å². The van der Waals surface area contributed by atoms with Gasteiger partial charge in [-0.2, -0.15) is 0 Å². The number of carbonyl (C=O) groups is 1. The van der Waals surface area contributed by atoms with Crippen LogP contribution in [-0.4, -0.2) is 30.3 Å². The van der Waals surface area contributed by atoms with Crippen LogP contribution in [0.2, 0.25) is 0 Å². The third-order valence-electron chi connectivity index (χ3n) is 2.94. The molecule has 0 unspecified atom stereocenters. The third-order valence-corrected chi connectivity index (χ3v) is 2.94. The fourth-order valence-electron chi connectivity index (χ4n) is 1.70. The average molecular weight is 203 g/mol. The van der Waals surface area contributed by atoms with E-state index in [2.05, 4.69) is 4.90 Å². The van der Waals surface area contributed by atoms with Gasteiger partial charge in [-0.15, -0.1) is 0 Å². The van der Waals surface area contributed by atoms with Gasteiger partial charge in [-0.25, -0.2) is 0 Å². The van der Waals surface area contributed by atoms with Gasteiger partial charge in [0.25, 0.3) is 0 Å². The molecule has 1 aliphatic rings. The molecule has 1 aromatic carbocycles. The molecular weight excluding hydrogens is 186 g/mol. The Kier molecular flexibility index (Phi) is 2.87. The van der Waals surface area contributed by atoms with E-state index >= 15 is 0 Å². The Morgan fingerprint density at radius 1 is 1.33 bits per heavy atom. The van der Waals surface area contributed by atoms with Crippen LogP contribution in [0.5, 0.6) is 0 Å². The largest absolute Gasteiger partial charge is 0.296 e. The fraction of sp³-hybridized carbons (Fsp3) is 0.462. The van der Waals surface area contributed by atoms with Crippen LogP contribution >= 0.6 is 0 Å². The number of hydrogen-bond donors (Lipinski definition) is 0. The van der Waals surface area contributed by atoms with E-state index in [9.17, 15) is 4.79 Å². The van der Waals surface area contributed by atoms with Crippen molar-refractivity contribution in [3.05, 3.63) is 35.4 Å². The molecule has 0 radical (unpaired) electrons. The summed E-state index contributed by atoms with van der Waals surface area (Å²) in [4.78, 5) is 14.0. The van der Waals surface area contributed by atoms with E-state index in [0.717, 1.165) is 5.56 Å². The second kappa shape index (κ2) is 4.15. The number of aryl methyl sites for hydroxylation is 1. The van der Waals surface area contributed by atoms with E-state index in [-0.39, 0.29) is 5.78 Å². The maximum Gasteiger partial charge on any atom is 0.176 e. The first-order chi connectivity index (χ1) is 7.16. The molecule has 0 aromatic heterocycles. The lowest BCUT2D eigenvalue weighted by atomic mass is 10.1. The van der Waals surface area contributed by atoms with Gasteiger partial charge in [0.2, 0.25) is 0 Å². The standard InChI is InChI=1S/C13H17NO/c1-10-3-5-11(6-4-10)13(15)9-14(2)12-7-8-12/h3-6,12H,7-9H2,1-2H3. The molecule has 15 heavy (non-hydrogen) atoms. The number of carbonyl (C=O) groups excluding carboxylic acids is 1. The van der Waals surface area contributed by atoms with Gasteiger partial charge in [0.1, 0.15) is 0 Å². The van der Waals surface area contributed by atoms with Gasteiger partial charge >= 0.3 is 0 Å². The fourth-order valence-corrected chi connectivity index (χ4v) is 1.70. The first kappa shape index (κ1) is 10.4. The van der Waals surface area contributed by atoms with E-state index in [0.29, 0.717) is 12.6 Å². The molecule has 1 saturated carbocycles. The SMILES string of the molecule is Cc1ccc(C(=O)CN(C)C2CC2)cc1. The molecule has 0 bridgehead atoms. The Balaban J connectivity index is 1.97. The van der Waals surface area contributed by atoms with Crippen molar-refractivity contribution >= 4 is 5.78 Å². The van der Waals surface area contributed by atoms with Gasteiger partial charge in [-0.1, -0.05) is 29.8 Å². The summed E-state index contributed by atoms with van der Waals surface area (Å²) in [5.41, 5.74) is 2.02. The van der Waals surface area contributed by atoms with Crippen LogP contribution in [0.3, 0.4) is 0 Å². The molecule has 0 aliphatic heterocycles. The highest BCUT2D eigenvalue weighted by Gasteiger charge is 2.27. The number of benzene rings is 1. The predicted molar refractivity (Wildman–Crippen MR) is 61.2 cm³/mol. The number of nitrogens with zero attached hydrogens (tertiary/aromatic N) is 1. The quantitative estimate of drug-likeness (QED) is 0.700. The van der Waals surface area contributed by atoms with Gasteiger partial charge in [0.05, 0.1) is 6.54 Å². The number of ketones is 1. The number of likely N-dealkylation sites (N-methyl/N-ethyl adjacent to an activating group) is 1. The van der Waals surface area contributed by atoms with E-state index in [4.69, 9.17) is 0 Å². The minimum Gasteiger partial charge on any atom is -0.296 e. The van der Waals surface area contributed by atoms with E-state index in [1.807, 2.05) is 38.2 Å². The van der Waals surface area contributed by atoms with Crippen LogP contribution in [0, 0.1) is 6.92 Å². The Hall–Kier alpha value is -1.15. The van der Waals surface area contributed by atoms with Crippen LogP contribution < -0.4 is 0 Å². The molecule has 2 heteroatoms. The molecular formula is C13H17NO. The molecule has 2 rings (SSSR count). The van der Waals surface area contributed by atoms with E-state index in [1.54, 1.807) is 0 Å². The minimum absolute atomic E-state index is 0.226. The summed E-state index contributed by atoms with van der Waals surface area (Å²) in [6.45, 7) is 2.58. The Morgan fingerprint density at radius 2 is 1.93 bits per heavy atom. The average Bonchev–Trinajstić information content (AvgIpc) is 3.01. The van der Waals surface area contributed by atoms with Crippen LogP contribution in [-0.2, 0) is 0 Å². The molecule has 0 amide bonds. The third kappa shape index (κ3) is 2.66. The summed E-state index contributed by atoms with van der Waals surface area (Å²) < 4.78 is 0. The Labute approximate surface area is 90.9 Å². The van der Waals surface area contributed by atoms with Crippen molar-refractivity contribution in [2.24, 2.45) is 0 Å². The second-order valence-electron chi connectivity index (χ2n) is 4.44. The van der Waals surface area contributed by atoms with E-state index < -0.39 is 0 Å². The van der Waals surface area contributed by atoms with Crippen molar-refractivity contribution in [3.63, 3.8) is 0 Å².